The quantitative estimate of drug-likeness (QED) is 0.0715. The zero-order chi connectivity index (χ0) is 25.0. The van der Waals surface area contributed by atoms with Gasteiger partial charge in [-0.15, -0.1) is 0 Å². The van der Waals surface area contributed by atoms with Gasteiger partial charge in [0.15, 0.2) is 5.96 Å². The molecule has 0 spiro atoms. The Kier molecular flexibility index (Phi) is 11.6. The number of carbonyl (C=O) groups is 5. The fourth-order valence-corrected chi connectivity index (χ4v) is 3.17. The number of aliphatic imine (C=N–C) groups is 1. The summed E-state index contributed by atoms with van der Waals surface area (Å²) in [4.78, 5) is 63.9. The Balaban J connectivity index is 2.74. The van der Waals surface area contributed by atoms with Crippen LogP contribution in [0.2, 0.25) is 0 Å². The number of nitrogens with one attached hydrogen (secondary N) is 4. The molecule has 4 atom stereocenters. The van der Waals surface area contributed by atoms with Crippen molar-refractivity contribution in [1.29, 1.82) is 0 Å². The number of hydrogen-bond donors (Lipinski definition) is 8. The predicted octanol–water partition coefficient (Wildman–Crippen LogP) is -3.38. The van der Waals surface area contributed by atoms with Crippen molar-refractivity contribution in [3.8, 4) is 0 Å². The molecule has 0 radical (unpaired) electrons. The lowest BCUT2D eigenvalue weighted by Gasteiger charge is -2.23. The maximum Gasteiger partial charge on any atom is 0.326 e. The van der Waals surface area contributed by atoms with Gasteiger partial charge in [0.25, 0.3) is 0 Å². The highest BCUT2D eigenvalue weighted by Crippen LogP contribution is 2.06. The van der Waals surface area contributed by atoms with E-state index in [1.54, 1.807) is 0 Å². The highest BCUT2D eigenvalue weighted by Gasteiger charge is 2.29. The van der Waals surface area contributed by atoms with Crippen LogP contribution >= 0.6 is 0 Å². The smallest absolute Gasteiger partial charge is 0.326 e. The SMILES string of the molecule is CC(NC(=O)C1CCCN1)C(=O)NC(CCC(N)=O)C(=O)NC(CCCN=C(N)N)C(=O)O. The Morgan fingerprint density at radius 2 is 1.70 bits per heavy atom. The van der Waals surface area contributed by atoms with Gasteiger partial charge < -0.3 is 43.6 Å². The Labute approximate surface area is 191 Å². The van der Waals surface area contributed by atoms with Crippen LogP contribution in [0.4, 0.5) is 0 Å². The lowest BCUT2D eigenvalue weighted by atomic mass is 10.1. The molecule has 0 aromatic rings. The third-order valence-electron chi connectivity index (χ3n) is 5.00. The van der Waals surface area contributed by atoms with Crippen molar-refractivity contribution in [1.82, 2.24) is 21.3 Å². The van der Waals surface area contributed by atoms with Crippen LogP contribution in [0, 0.1) is 0 Å². The monoisotopic (exact) mass is 470 g/mol. The maximum atomic E-state index is 12.7. The van der Waals surface area contributed by atoms with Crippen molar-refractivity contribution in [2.24, 2.45) is 22.2 Å². The third-order valence-corrected chi connectivity index (χ3v) is 5.00. The minimum absolute atomic E-state index is 0.0369. The third kappa shape index (κ3) is 10.6. The lowest BCUT2D eigenvalue weighted by Crippen LogP contribution is -2.56. The number of aliphatic carboxylic acids is 1. The zero-order valence-corrected chi connectivity index (χ0v) is 18.6. The fourth-order valence-electron chi connectivity index (χ4n) is 3.17. The largest absolute Gasteiger partial charge is 0.480 e. The number of amides is 4. The summed E-state index contributed by atoms with van der Waals surface area (Å²) in [5.41, 5.74) is 15.6. The van der Waals surface area contributed by atoms with E-state index in [1.165, 1.54) is 6.92 Å². The topological polar surface area (TPSA) is 244 Å². The zero-order valence-electron chi connectivity index (χ0n) is 18.6. The summed E-state index contributed by atoms with van der Waals surface area (Å²) in [5.74, 6) is -3.90. The van der Waals surface area contributed by atoms with Gasteiger partial charge in [-0.05, 0) is 45.6 Å². The van der Waals surface area contributed by atoms with Gasteiger partial charge in [0, 0.05) is 13.0 Å². The fraction of sp³-hybridized carbons (Fsp3) is 0.684. The summed E-state index contributed by atoms with van der Waals surface area (Å²) in [6.45, 7) is 2.34. The Hall–Kier alpha value is -3.42. The van der Waals surface area contributed by atoms with E-state index in [0.29, 0.717) is 13.0 Å². The summed E-state index contributed by atoms with van der Waals surface area (Å²) in [5, 5.41) is 19.8. The Morgan fingerprint density at radius 3 is 2.24 bits per heavy atom. The number of primary amides is 1. The molecular weight excluding hydrogens is 436 g/mol. The van der Waals surface area contributed by atoms with Gasteiger partial charge in [-0.2, -0.15) is 0 Å². The highest BCUT2D eigenvalue weighted by molar-refractivity contribution is 5.94. The molecule has 1 saturated heterocycles. The standard InChI is InChI=1S/C19H34N8O6/c1-10(25-16(30)11-4-2-8-23-11)15(29)26-12(6-7-14(20)28)17(31)27-13(18(32)33)5-3-9-24-19(21)22/h10-13,23H,2-9H2,1H3,(H2,20,28)(H,25,30)(H,26,29)(H,27,31)(H,32,33)(H4,21,22,24). The van der Waals surface area contributed by atoms with Crippen molar-refractivity contribution in [2.45, 2.75) is 69.6 Å². The van der Waals surface area contributed by atoms with Gasteiger partial charge in [-0.3, -0.25) is 24.2 Å². The molecular formula is C19H34N8O6. The second-order valence-corrected chi connectivity index (χ2v) is 7.79. The molecule has 0 bridgehead atoms. The van der Waals surface area contributed by atoms with Crippen molar-refractivity contribution in [3.63, 3.8) is 0 Å². The molecule has 11 N–H and O–H groups in total. The van der Waals surface area contributed by atoms with Crippen molar-refractivity contribution in [2.75, 3.05) is 13.1 Å². The van der Waals surface area contributed by atoms with E-state index < -0.39 is 41.8 Å². The molecule has 1 aliphatic heterocycles. The van der Waals surface area contributed by atoms with E-state index in [4.69, 9.17) is 17.2 Å². The maximum absolute atomic E-state index is 12.7. The highest BCUT2D eigenvalue weighted by atomic mass is 16.4. The Bertz CT molecular complexity index is 749. The van der Waals surface area contributed by atoms with Gasteiger partial charge in [-0.25, -0.2) is 4.79 Å². The van der Waals surface area contributed by atoms with Crippen LogP contribution in [0.5, 0.6) is 0 Å². The van der Waals surface area contributed by atoms with E-state index in [2.05, 4.69) is 26.3 Å². The first-order valence-corrected chi connectivity index (χ1v) is 10.7. The number of nitrogens with zero attached hydrogens (tertiary/aromatic N) is 1. The van der Waals surface area contributed by atoms with Gasteiger partial charge in [0.05, 0.1) is 6.04 Å². The number of carbonyl (C=O) groups excluding carboxylic acids is 4. The summed E-state index contributed by atoms with van der Waals surface area (Å²) >= 11 is 0. The minimum Gasteiger partial charge on any atom is -0.480 e. The molecule has 1 heterocycles. The molecule has 0 aliphatic carbocycles. The van der Waals surface area contributed by atoms with Crippen LogP contribution in [0.15, 0.2) is 4.99 Å². The molecule has 186 valence electrons. The number of carboxylic acids is 1. The van der Waals surface area contributed by atoms with Crippen molar-refractivity contribution < 1.29 is 29.1 Å². The summed E-state index contributed by atoms with van der Waals surface area (Å²) in [6.07, 6.45) is 1.47. The average molecular weight is 471 g/mol. The lowest BCUT2D eigenvalue weighted by molar-refractivity contribution is -0.142. The molecule has 1 aliphatic rings. The van der Waals surface area contributed by atoms with Crippen LogP contribution in [-0.4, -0.2) is 77.9 Å². The molecule has 4 unspecified atom stereocenters. The molecule has 1 rings (SSSR count). The molecule has 14 nitrogen and oxygen atoms in total. The van der Waals surface area contributed by atoms with Crippen LogP contribution < -0.4 is 38.5 Å². The Morgan fingerprint density at radius 1 is 1.03 bits per heavy atom. The van der Waals surface area contributed by atoms with Crippen LogP contribution in [0.25, 0.3) is 0 Å². The van der Waals surface area contributed by atoms with Gasteiger partial charge in [0.2, 0.25) is 23.6 Å². The van der Waals surface area contributed by atoms with Gasteiger partial charge >= 0.3 is 5.97 Å². The van der Waals surface area contributed by atoms with Gasteiger partial charge in [-0.1, -0.05) is 0 Å². The normalized spacial score (nSPS) is 17.8. The first kappa shape index (κ1) is 27.6. The van der Waals surface area contributed by atoms with Gasteiger partial charge in [0.1, 0.15) is 18.1 Å². The summed E-state index contributed by atoms with van der Waals surface area (Å²) < 4.78 is 0. The second-order valence-electron chi connectivity index (χ2n) is 7.79. The number of rotatable bonds is 14. The first-order chi connectivity index (χ1) is 15.5. The molecule has 4 amide bonds. The van der Waals surface area contributed by atoms with E-state index in [0.717, 1.165) is 6.42 Å². The number of hydrogen-bond acceptors (Lipinski definition) is 7. The van der Waals surface area contributed by atoms with E-state index in [1.807, 2.05) is 0 Å². The van der Waals surface area contributed by atoms with E-state index in [9.17, 15) is 29.1 Å². The van der Waals surface area contributed by atoms with E-state index in [-0.39, 0.29) is 50.1 Å². The molecule has 0 aromatic carbocycles. The number of guanidine groups is 1. The summed E-state index contributed by atoms with van der Waals surface area (Å²) in [7, 11) is 0. The molecule has 0 saturated carbocycles. The van der Waals surface area contributed by atoms with Crippen LogP contribution in [0.1, 0.15) is 45.4 Å². The van der Waals surface area contributed by atoms with Crippen molar-refractivity contribution >= 4 is 35.6 Å². The van der Waals surface area contributed by atoms with E-state index >= 15 is 0 Å². The number of carboxylic acid groups (broad SMARTS) is 1. The first-order valence-electron chi connectivity index (χ1n) is 10.7. The molecule has 1 fully saturated rings. The molecule has 0 aromatic heterocycles. The van der Waals surface area contributed by atoms with Crippen LogP contribution in [-0.2, 0) is 24.0 Å². The average Bonchev–Trinajstić information content (AvgIpc) is 3.27. The predicted molar refractivity (Wildman–Crippen MR) is 118 cm³/mol. The molecule has 14 heteroatoms. The van der Waals surface area contributed by atoms with Crippen molar-refractivity contribution in [3.05, 3.63) is 0 Å². The van der Waals surface area contributed by atoms with Crippen LogP contribution in [0.3, 0.4) is 0 Å². The minimum atomic E-state index is -1.28. The second kappa shape index (κ2) is 13.9. The summed E-state index contributed by atoms with van der Waals surface area (Å²) in [6, 6.07) is -3.83. The molecule has 33 heavy (non-hydrogen) atoms. The number of nitrogens with two attached hydrogens (primary N) is 3.